The first-order valence-electron chi connectivity index (χ1n) is 4.47. The van der Waals surface area contributed by atoms with Gasteiger partial charge in [0.05, 0.1) is 0 Å². The van der Waals surface area contributed by atoms with E-state index in [0.29, 0.717) is 11.3 Å². The van der Waals surface area contributed by atoms with E-state index >= 15 is 0 Å². The molecule has 0 aliphatic carbocycles. The van der Waals surface area contributed by atoms with Crippen LogP contribution in [0.15, 0.2) is 41.0 Å². The number of halogens is 1. The van der Waals surface area contributed by atoms with Gasteiger partial charge in [-0.15, -0.1) is 0 Å². The van der Waals surface area contributed by atoms with Gasteiger partial charge < -0.3 is 0 Å². The molecule has 0 unspecified atom stereocenters. The van der Waals surface area contributed by atoms with Crippen LogP contribution < -0.4 is 0 Å². The van der Waals surface area contributed by atoms with Crippen molar-refractivity contribution < 1.29 is 4.79 Å². The smallest absolute Gasteiger partial charge is 0.211 e. The van der Waals surface area contributed by atoms with Crippen LogP contribution in [-0.2, 0) is 7.05 Å². The summed E-state index contributed by atoms with van der Waals surface area (Å²) in [6.07, 6.45) is 1.62. The molecule has 0 spiro atoms. The molecule has 0 aliphatic rings. The van der Waals surface area contributed by atoms with Crippen LogP contribution in [-0.4, -0.2) is 15.6 Å². The molecular formula is C11H9BrN2O. The van der Waals surface area contributed by atoms with E-state index in [2.05, 4.69) is 21.0 Å². The van der Waals surface area contributed by atoms with Crippen molar-refractivity contribution in [1.29, 1.82) is 0 Å². The van der Waals surface area contributed by atoms with E-state index in [9.17, 15) is 4.79 Å². The minimum Gasteiger partial charge on any atom is -0.287 e. The number of aromatic nitrogens is 2. The van der Waals surface area contributed by atoms with Gasteiger partial charge in [0, 0.05) is 23.3 Å². The van der Waals surface area contributed by atoms with Crippen molar-refractivity contribution >= 4 is 21.7 Å². The Balaban J connectivity index is 2.37. The molecule has 0 N–H and O–H groups in total. The van der Waals surface area contributed by atoms with E-state index in [1.807, 2.05) is 12.1 Å². The van der Waals surface area contributed by atoms with Crippen molar-refractivity contribution in [1.82, 2.24) is 9.78 Å². The molecule has 1 aromatic carbocycles. The number of benzene rings is 1. The van der Waals surface area contributed by atoms with Crippen LogP contribution in [0.3, 0.4) is 0 Å². The Hall–Kier alpha value is -1.42. The number of aryl methyl sites for hydroxylation is 1. The molecule has 0 fully saturated rings. The van der Waals surface area contributed by atoms with Gasteiger partial charge in [0.2, 0.25) is 5.78 Å². The van der Waals surface area contributed by atoms with E-state index in [1.165, 1.54) is 0 Å². The van der Waals surface area contributed by atoms with Crippen LogP contribution in [0.4, 0.5) is 0 Å². The van der Waals surface area contributed by atoms with E-state index < -0.39 is 0 Å². The second-order valence-corrected chi connectivity index (χ2v) is 4.09. The van der Waals surface area contributed by atoms with Gasteiger partial charge in [-0.2, -0.15) is 5.10 Å². The minimum atomic E-state index is -0.0116. The van der Waals surface area contributed by atoms with Crippen LogP contribution in [0.25, 0.3) is 0 Å². The number of hydrogen-bond acceptors (Lipinski definition) is 2. The average Bonchev–Trinajstić information content (AvgIpc) is 2.65. The maximum atomic E-state index is 12.0. The second kappa shape index (κ2) is 3.98. The van der Waals surface area contributed by atoms with Gasteiger partial charge in [-0.05, 0) is 30.3 Å². The number of carbonyl (C=O) groups excluding carboxylic acids is 1. The van der Waals surface area contributed by atoms with Gasteiger partial charge in [-0.3, -0.25) is 9.48 Å². The van der Waals surface area contributed by atoms with Crippen molar-refractivity contribution in [2.75, 3.05) is 0 Å². The van der Waals surface area contributed by atoms with Gasteiger partial charge >= 0.3 is 0 Å². The summed E-state index contributed by atoms with van der Waals surface area (Å²) in [6, 6.07) is 9.00. The molecule has 1 aromatic heterocycles. The molecule has 1 heterocycles. The lowest BCUT2D eigenvalue weighted by molar-refractivity contribution is 0.103. The van der Waals surface area contributed by atoms with Crippen molar-refractivity contribution in [2.45, 2.75) is 0 Å². The molecule has 0 atom stereocenters. The number of hydrogen-bond donors (Lipinski definition) is 0. The molecule has 2 rings (SSSR count). The zero-order valence-corrected chi connectivity index (χ0v) is 9.73. The summed E-state index contributed by atoms with van der Waals surface area (Å²) in [6.45, 7) is 0. The van der Waals surface area contributed by atoms with Crippen LogP contribution in [0.2, 0.25) is 0 Å². The average molecular weight is 265 g/mol. The topological polar surface area (TPSA) is 34.9 Å². The molecule has 4 heteroatoms. The summed E-state index contributed by atoms with van der Waals surface area (Å²) in [7, 11) is 1.76. The standard InChI is InChI=1S/C11H9BrN2O/c1-14-10(6-7-13-14)11(15)8-2-4-9(12)5-3-8/h2-7H,1H3. The van der Waals surface area contributed by atoms with E-state index in [4.69, 9.17) is 0 Å². The van der Waals surface area contributed by atoms with Gasteiger partial charge in [0.15, 0.2) is 0 Å². The zero-order valence-electron chi connectivity index (χ0n) is 8.14. The first kappa shape index (κ1) is 10.1. The molecule has 0 bridgehead atoms. The monoisotopic (exact) mass is 264 g/mol. The number of rotatable bonds is 2. The molecule has 0 amide bonds. The predicted molar refractivity (Wildman–Crippen MR) is 60.8 cm³/mol. The highest BCUT2D eigenvalue weighted by atomic mass is 79.9. The molecule has 0 radical (unpaired) electrons. The molecule has 15 heavy (non-hydrogen) atoms. The fourth-order valence-corrected chi connectivity index (χ4v) is 1.61. The van der Waals surface area contributed by atoms with Crippen molar-refractivity contribution in [2.24, 2.45) is 7.05 Å². The zero-order chi connectivity index (χ0) is 10.8. The summed E-state index contributed by atoms with van der Waals surface area (Å²) < 4.78 is 2.54. The SMILES string of the molecule is Cn1nccc1C(=O)c1ccc(Br)cc1. The summed E-state index contributed by atoms with van der Waals surface area (Å²) in [5.74, 6) is -0.0116. The fourth-order valence-electron chi connectivity index (χ4n) is 1.35. The summed E-state index contributed by atoms with van der Waals surface area (Å²) >= 11 is 3.33. The Labute approximate surface area is 95.9 Å². The van der Waals surface area contributed by atoms with Gasteiger partial charge in [0.1, 0.15) is 5.69 Å². The fraction of sp³-hybridized carbons (Fsp3) is 0.0909. The van der Waals surface area contributed by atoms with Gasteiger partial charge in [0.25, 0.3) is 0 Å². The maximum absolute atomic E-state index is 12.0. The highest BCUT2D eigenvalue weighted by molar-refractivity contribution is 9.10. The number of ketones is 1. The highest BCUT2D eigenvalue weighted by Crippen LogP contribution is 2.13. The van der Waals surface area contributed by atoms with E-state index in [0.717, 1.165) is 4.47 Å². The highest BCUT2D eigenvalue weighted by Gasteiger charge is 2.11. The molecule has 0 aliphatic heterocycles. The quantitative estimate of drug-likeness (QED) is 0.781. The normalized spacial score (nSPS) is 10.3. The molecule has 76 valence electrons. The van der Waals surface area contributed by atoms with E-state index in [-0.39, 0.29) is 5.78 Å². The van der Waals surface area contributed by atoms with Crippen molar-refractivity contribution in [3.8, 4) is 0 Å². The minimum absolute atomic E-state index is 0.0116. The lowest BCUT2D eigenvalue weighted by atomic mass is 10.1. The van der Waals surface area contributed by atoms with Crippen LogP contribution >= 0.6 is 15.9 Å². The molecule has 0 saturated heterocycles. The predicted octanol–water partition coefficient (Wildman–Crippen LogP) is 2.41. The Kier molecular flexibility index (Phi) is 2.68. The summed E-state index contributed by atoms with van der Waals surface area (Å²) in [5, 5.41) is 3.97. The molecule has 2 aromatic rings. The first-order valence-corrected chi connectivity index (χ1v) is 5.26. The third kappa shape index (κ3) is 1.99. The summed E-state index contributed by atoms with van der Waals surface area (Å²) in [4.78, 5) is 12.0. The van der Waals surface area contributed by atoms with E-state index in [1.54, 1.807) is 36.1 Å². The number of nitrogens with zero attached hydrogens (tertiary/aromatic N) is 2. The Morgan fingerprint density at radius 2 is 1.93 bits per heavy atom. The maximum Gasteiger partial charge on any atom is 0.211 e. The van der Waals surface area contributed by atoms with Gasteiger partial charge in [-0.1, -0.05) is 15.9 Å². The molecular weight excluding hydrogens is 256 g/mol. The first-order chi connectivity index (χ1) is 7.18. The largest absolute Gasteiger partial charge is 0.287 e. The Bertz CT molecular complexity index is 488. The van der Waals surface area contributed by atoms with Crippen molar-refractivity contribution in [3.05, 3.63) is 52.3 Å². The lowest BCUT2D eigenvalue weighted by Crippen LogP contribution is -2.07. The van der Waals surface area contributed by atoms with Crippen LogP contribution in [0.1, 0.15) is 16.1 Å². The third-order valence-electron chi connectivity index (χ3n) is 2.16. The lowest BCUT2D eigenvalue weighted by Gasteiger charge is -2.01. The Morgan fingerprint density at radius 3 is 2.47 bits per heavy atom. The summed E-state index contributed by atoms with van der Waals surface area (Å²) in [5.41, 5.74) is 1.26. The molecule has 0 saturated carbocycles. The van der Waals surface area contributed by atoms with Crippen LogP contribution in [0, 0.1) is 0 Å². The second-order valence-electron chi connectivity index (χ2n) is 3.18. The molecule has 3 nitrogen and oxygen atoms in total. The third-order valence-corrected chi connectivity index (χ3v) is 2.69. The number of carbonyl (C=O) groups is 1. The van der Waals surface area contributed by atoms with Crippen molar-refractivity contribution in [3.63, 3.8) is 0 Å². The van der Waals surface area contributed by atoms with Crippen LogP contribution in [0.5, 0.6) is 0 Å². The van der Waals surface area contributed by atoms with Gasteiger partial charge in [-0.25, -0.2) is 0 Å². The Morgan fingerprint density at radius 1 is 1.27 bits per heavy atom.